The Morgan fingerprint density at radius 1 is 1.64 bits per heavy atom. The van der Waals surface area contributed by atoms with Gasteiger partial charge in [0, 0.05) is 5.71 Å². The van der Waals surface area contributed by atoms with Crippen LogP contribution < -0.4 is 5.43 Å². The number of furan rings is 1. The summed E-state index contributed by atoms with van der Waals surface area (Å²) < 4.78 is 5.57. The molecule has 0 unspecified atom stereocenters. The Labute approximate surface area is 90.5 Å². The molecule has 0 fully saturated rings. The van der Waals surface area contributed by atoms with Crippen LogP contribution in [0, 0.1) is 0 Å². The molecule has 0 radical (unpaired) electrons. The van der Waals surface area contributed by atoms with Gasteiger partial charge in [-0.3, -0.25) is 4.79 Å². The van der Waals surface area contributed by atoms with Gasteiger partial charge in [0.15, 0.2) is 10.4 Å². The second-order valence-electron chi connectivity index (χ2n) is 2.75. The maximum absolute atomic E-state index is 11.3. The van der Waals surface area contributed by atoms with Crippen molar-refractivity contribution in [1.29, 1.82) is 0 Å². The van der Waals surface area contributed by atoms with Crippen molar-refractivity contribution in [1.82, 2.24) is 5.43 Å². The zero-order chi connectivity index (χ0) is 10.6. The molecule has 0 aliphatic rings. The first-order chi connectivity index (χ1) is 6.63. The van der Waals surface area contributed by atoms with Crippen molar-refractivity contribution in [2.45, 2.75) is 20.3 Å². The topological polar surface area (TPSA) is 54.6 Å². The van der Waals surface area contributed by atoms with E-state index in [1.807, 2.05) is 13.8 Å². The highest BCUT2D eigenvalue weighted by Crippen LogP contribution is 2.13. The van der Waals surface area contributed by atoms with Crippen molar-refractivity contribution in [3.63, 3.8) is 0 Å². The molecule has 1 aromatic rings. The van der Waals surface area contributed by atoms with E-state index in [9.17, 15) is 4.79 Å². The van der Waals surface area contributed by atoms with Crippen LogP contribution in [0.1, 0.15) is 30.8 Å². The van der Waals surface area contributed by atoms with Gasteiger partial charge in [0.25, 0.3) is 0 Å². The predicted molar refractivity (Wildman–Crippen MR) is 57.3 cm³/mol. The lowest BCUT2D eigenvalue weighted by Gasteiger charge is -1.97. The molecule has 0 aliphatic carbocycles. The van der Waals surface area contributed by atoms with Gasteiger partial charge in [0.1, 0.15) is 0 Å². The molecule has 0 spiro atoms. The van der Waals surface area contributed by atoms with Crippen molar-refractivity contribution in [3.8, 4) is 0 Å². The SMILES string of the molecule is CC/C(C)=N/NC(=O)c1ccc(Br)o1. The zero-order valence-electron chi connectivity index (χ0n) is 8.00. The highest BCUT2D eigenvalue weighted by molar-refractivity contribution is 9.10. The maximum Gasteiger partial charge on any atom is 0.307 e. The maximum atomic E-state index is 11.3. The summed E-state index contributed by atoms with van der Waals surface area (Å²) in [6.07, 6.45) is 0.808. The van der Waals surface area contributed by atoms with Crippen LogP contribution in [0.5, 0.6) is 0 Å². The summed E-state index contributed by atoms with van der Waals surface area (Å²) in [6, 6.07) is 3.24. The van der Waals surface area contributed by atoms with E-state index in [1.54, 1.807) is 12.1 Å². The van der Waals surface area contributed by atoms with E-state index in [0.717, 1.165) is 12.1 Å². The first kappa shape index (κ1) is 11.0. The van der Waals surface area contributed by atoms with E-state index in [4.69, 9.17) is 4.42 Å². The number of carbonyl (C=O) groups is 1. The van der Waals surface area contributed by atoms with Gasteiger partial charge in [-0.25, -0.2) is 5.43 Å². The monoisotopic (exact) mass is 258 g/mol. The first-order valence-corrected chi connectivity index (χ1v) is 5.01. The molecule has 76 valence electrons. The van der Waals surface area contributed by atoms with Gasteiger partial charge in [0.2, 0.25) is 0 Å². The van der Waals surface area contributed by atoms with Crippen LogP contribution >= 0.6 is 15.9 Å². The van der Waals surface area contributed by atoms with Crippen LogP contribution in [0.2, 0.25) is 0 Å². The molecule has 0 saturated carbocycles. The summed E-state index contributed by atoms with van der Waals surface area (Å²) in [7, 11) is 0. The third-order valence-corrected chi connectivity index (χ3v) is 2.08. The fraction of sp³-hybridized carbons (Fsp3) is 0.333. The molecule has 0 saturated heterocycles. The number of hydrazone groups is 1. The zero-order valence-corrected chi connectivity index (χ0v) is 9.59. The highest BCUT2D eigenvalue weighted by atomic mass is 79.9. The van der Waals surface area contributed by atoms with Crippen LogP contribution in [-0.2, 0) is 0 Å². The van der Waals surface area contributed by atoms with Crippen molar-refractivity contribution in [3.05, 3.63) is 22.6 Å². The molecule has 1 amide bonds. The van der Waals surface area contributed by atoms with E-state index in [1.165, 1.54) is 0 Å². The predicted octanol–water partition coefficient (Wildman–Crippen LogP) is 2.56. The van der Waals surface area contributed by atoms with Gasteiger partial charge < -0.3 is 4.42 Å². The molecular weight excluding hydrogens is 248 g/mol. The Morgan fingerprint density at radius 2 is 2.36 bits per heavy atom. The number of nitrogens with one attached hydrogen (secondary N) is 1. The fourth-order valence-electron chi connectivity index (χ4n) is 0.717. The van der Waals surface area contributed by atoms with E-state index in [0.29, 0.717) is 4.67 Å². The number of halogens is 1. The van der Waals surface area contributed by atoms with Crippen molar-refractivity contribution < 1.29 is 9.21 Å². The van der Waals surface area contributed by atoms with Crippen LogP contribution in [0.15, 0.2) is 26.3 Å². The van der Waals surface area contributed by atoms with E-state index in [2.05, 4.69) is 26.5 Å². The minimum Gasteiger partial charge on any atom is -0.444 e. The average Bonchev–Trinajstić information content (AvgIpc) is 2.60. The Morgan fingerprint density at radius 3 is 2.86 bits per heavy atom. The Bertz CT molecular complexity index is 357. The largest absolute Gasteiger partial charge is 0.444 e. The minimum absolute atomic E-state index is 0.240. The lowest BCUT2D eigenvalue weighted by molar-refractivity contribution is 0.0926. The Kier molecular flexibility index (Phi) is 3.88. The van der Waals surface area contributed by atoms with Gasteiger partial charge in [-0.2, -0.15) is 5.10 Å². The van der Waals surface area contributed by atoms with Crippen molar-refractivity contribution in [2.24, 2.45) is 5.10 Å². The molecule has 1 aromatic heterocycles. The summed E-state index contributed by atoms with van der Waals surface area (Å²) in [6.45, 7) is 3.81. The summed E-state index contributed by atoms with van der Waals surface area (Å²) in [5.74, 6) is -0.104. The summed E-state index contributed by atoms with van der Waals surface area (Å²) in [4.78, 5) is 11.3. The highest BCUT2D eigenvalue weighted by Gasteiger charge is 2.08. The molecule has 0 aromatic carbocycles. The van der Waals surface area contributed by atoms with E-state index in [-0.39, 0.29) is 11.7 Å². The molecule has 4 nitrogen and oxygen atoms in total. The summed E-state index contributed by atoms with van der Waals surface area (Å²) in [5, 5.41) is 3.87. The third kappa shape index (κ3) is 2.99. The van der Waals surface area contributed by atoms with Crippen LogP contribution in [-0.4, -0.2) is 11.6 Å². The lowest BCUT2D eigenvalue weighted by Crippen LogP contribution is -2.18. The molecule has 0 bridgehead atoms. The normalized spacial score (nSPS) is 11.5. The molecule has 0 aliphatic heterocycles. The Balaban J connectivity index is 2.60. The van der Waals surface area contributed by atoms with E-state index >= 15 is 0 Å². The first-order valence-electron chi connectivity index (χ1n) is 4.22. The van der Waals surface area contributed by atoms with Crippen molar-refractivity contribution in [2.75, 3.05) is 0 Å². The van der Waals surface area contributed by atoms with Gasteiger partial charge in [-0.05, 0) is 41.4 Å². The molecule has 14 heavy (non-hydrogen) atoms. The van der Waals surface area contributed by atoms with Gasteiger partial charge in [0.05, 0.1) is 0 Å². The molecular formula is C9H11BrN2O2. The second-order valence-corrected chi connectivity index (χ2v) is 3.53. The lowest BCUT2D eigenvalue weighted by atomic mass is 10.3. The smallest absolute Gasteiger partial charge is 0.307 e. The van der Waals surface area contributed by atoms with E-state index < -0.39 is 0 Å². The van der Waals surface area contributed by atoms with Crippen LogP contribution in [0.25, 0.3) is 0 Å². The van der Waals surface area contributed by atoms with Crippen LogP contribution in [0.4, 0.5) is 0 Å². The second kappa shape index (κ2) is 4.95. The third-order valence-electron chi connectivity index (χ3n) is 1.66. The minimum atomic E-state index is -0.344. The quantitative estimate of drug-likeness (QED) is 0.669. The number of amides is 1. The Hall–Kier alpha value is -1.10. The van der Waals surface area contributed by atoms with Gasteiger partial charge >= 0.3 is 5.91 Å². The van der Waals surface area contributed by atoms with Crippen molar-refractivity contribution >= 4 is 27.5 Å². The van der Waals surface area contributed by atoms with Crippen LogP contribution in [0.3, 0.4) is 0 Å². The number of hydrogen-bond acceptors (Lipinski definition) is 3. The molecule has 1 N–H and O–H groups in total. The molecule has 0 atom stereocenters. The average molecular weight is 259 g/mol. The van der Waals surface area contributed by atoms with Gasteiger partial charge in [-0.1, -0.05) is 6.92 Å². The summed E-state index contributed by atoms with van der Waals surface area (Å²) >= 11 is 3.11. The molecule has 1 rings (SSSR count). The number of rotatable bonds is 3. The van der Waals surface area contributed by atoms with Gasteiger partial charge in [-0.15, -0.1) is 0 Å². The molecule has 1 heterocycles. The molecule has 5 heteroatoms. The summed E-state index contributed by atoms with van der Waals surface area (Å²) in [5.41, 5.74) is 3.26. The number of hydrogen-bond donors (Lipinski definition) is 1. The fourth-order valence-corrected chi connectivity index (χ4v) is 1.02. The number of nitrogens with zero attached hydrogens (tertiary/aromatic N) is 1. The number of carbonyl (C=O) groups excluding carboxylic acids is 1. The standard InChI is InChI=1S/C9H11BrN2O2/c1-3-6(2)11-12-9(13)7-4-5-8(10)14-7/h4-5H,3H2,1-2H3,(H,12,13)/b11-6+.